The van der Waals surface area contributed by atoms with Gasteiger partial charge in [-0.2, -0.15) is 0 Å². The molecule has 0 radical (unpaired) electrons. The molecule has 2 heterocycles. The summed E-state index contributed by atoms with van der Waals surface area (Å²) in [5.74, 6) is 0.455. The van der Waals surface area contributed by atoms with Gasteiger partial charge in [0.2, 0.25) is 6.29 Å². The number of hydrogen-bond acceptors (Lipinski definition) is 5. The van der Waals surface area contributed by atoms with Crippen LogP contribution in [0.3, 0.4) is 0 Å². The number of fused-ring (bicyclic) bond motifs is 1. The second-order valence-electron chi connectivity index (χ2n) is 4.95. The van der Waals surface area contributed by atoms with Crippen molar-refractivity contribution in [1.82, 2.24) is 0 Å². The number of rotatable bonds is 2. The minimum Gasteiger partial charge on any atom is -0.463 e. The molecule has 5 atom stereocenters. The van der Waals surface area contributed by atoms with Crippen LogP contribution < -0.4 is 0 Å². The summed E-state index contributed by atoms with van der Waals surface area (Å²) >= 11 is 0. The Bertz CT molecular complexity index is 474. The van der Waals surface area contributed by atoms with E-state index in [9.17, 15) is 5.11 Å². The molecule has 1 aromatic carbocycles. The number of aliphatic hydroxyl groups is 1. The second-order valence-corrected chi connectivity index (χ2v) is 4.95. The molecule has 0 spiro atoms. The molecule has 1 aromatic rings. The quantitative estimate of drug-likeness (QED) is 0.893. The number of hydrogen-bond donors (Lipinski definition) is 1. The molecule has 2 saturated heterocycles. The fourth-order valence-corrected chi connectivity index (χ4v) is 2.61. The summed E-state index contributed by atoms with van der Waals surface area (Å²) in [7, 11) is 1.60. The maximum atomic E-state index is 9.70. The van der Waals surface area contributed by atoms with E-state index in [1.54, 1.807) is 7.11 Å². The number of aliphatic hydroxyl groups excluding tert-OH is 1. The van der Waals surface area contributed by atoms with E-state index in [0.29, 0.717) is 12.2 Å². The van der Waals surface area contributed by atoms with Gasteiger partial charge in [-0.25, -0.2) is 0 Å². The fraction of sp³-hybridized carbons (Fsp3) is 0.467. The van der Waals surface area contributed by atoms with E-state index in [2.05, 4.69) is 6.58 Å². The monoisotopic (exact) mass is 278 g/mol. The van der Waals surface area contributed by atoms with Gasteiger partial charge < -0.3 is 24.1 Å². The Balaban J connectivity index is 1.83. The zero-order chi connectivity index (χ0) is 14.1. The van der Waals surface area contributed by atoms with E-state index in [1.807, 2.05) is 30.3 Å². The third-order valence-corrected chi connectivity index (χ3v) is 3.63. The molecule has 0 bridgehead atoms. The highest BCUT2D eigenvalue weighted by atomic mass is 16.7. The lowest BCUT2D eigenvalue weighted by molar-refractivity contribution is -0.311. The SMILES string of the molecule is C=C1OC(c2ccccc2)O[C@H]2[C@H](OC)CC(O)O[C@@H]12. The van der Waals surface area contributed by atoms with Crippen molar-refractivity contribution in [1.29, 1.82) is 0 Å². The van der Waals surface area contributed by atoms with E-state index in [1.165, 1.54) is 0 Å². The largest absolute Gasteiger partial charge is 0.463 e. The van der Waals surface area contributed by atoms with Crippen molar-refractivity contribution in [2.24, 2.45) is 0 Å². The van der Waals surface area contributed by atoms with Gasteiger partial charge in [-0.15, -0.1) is 0 Å². The van der Waals surface area contributed by atoms with Crippen LogP contribution in [0.1, 0.15) is 18.3 Å². The summed E-state index contributed by atoms with van der Waals surface area (Å²) in [5.41, 5.74) is 0.910. The highest BCUT2D eigenvalue weighted by molar-refractivity contribution is 5.18. The smallest absolute Gasteiger partial charge is 0.226 e. The first-order chi connectivity index (χ1) is 9.69. The molecule has 1 N–H and O–H groups in total. The van der Waals surface area contributed by atoms with E-state index in [0.717, 1.165) is 5.56 Å². The predicted molar refractivity (Wildman–Crippen MR) is 70.6 cm³/mol. The first-order valence-electron chi connectivity index (χ1n) is 6.61. The van der Waals surface area contributed by atoms with Crippen molar-refractivity contribution in [3.05, 3.63) is 48.2 Å². The fourth-order valence-electron chi connectivity index (χ4n) is 2.61. The van der Waals surface area contributed by atoms with Gasteiger partial charge >= 0.3 is 0 Å². The lowest BCUT2D eigenvalue weighted by Gasteiger charge is -2.45. The zero-order valence-electron chi connectivity index (χ0n) is 11.3. The van der Waals surface area contributed by atoms with Crippen molar-refractivity contribution < 1.29 is 24.1 Å². The van der Waals surface area contributed by atoms with Crippen LogP contribution in [0.4, 0.5) is 0 Å². The Morgan fingerprint density at radius 3 is 2.70 bits per heavy atom. The molecule has 108 valence electrons. The summed E-state index contributed by atoms with van der Waals surface area (Å²) < 4.78 is 22.5. The summed E-state index contributed by atoms with van der Waals surface area (Å²) in [6.45, 7) is 3.88. The first kappa shape index (κ1) is 13.6. The molecule has 2 fully saturated rings. The molecule has 0 saturated carbocycles. The van der Waals surface area contributed by atoms with E-state index >= 15 is 0 Å². The second kappa shape index (κ2) is 5.54. The van der Waals surface area contributed by atoms with E-state index in [4.69, 9.17) is 18.9 Å². The van der Waals surface area contributed by atoms with Gasteiger partial charge in [0.25, 0.3) is 0 Å². The van der Waals surface area contributed by atoms with Gasteiger partial charge in [-0.1, -0.05) is 36.9 Å². The molecule has 0 amide bonds. The maximum Gasteiger partial charge on any atom is 0.226 e. The zero-order valence-corrected chi connectivity index (χ0v) is 11.3. The maximum absolute atomic E-state index is 9.70. The lowest BCUT2D eigenvalue weighted by atomic mass is 9.98. The molecule has 2 aliphatic heterocycles. The molecular formula is C15H18O5. The lowest BCUT2D eigenvalue weighted by Crippen LogP contribution is -2.54. The van der Waals surface area contributed by atoms with Crippen molar-refractivity contribution in [2.45, 2.75) is 37.3 Å². The van der Waals surface area contributed by atoms with Gasteiger partial charge in [0.05, 0.1) is 6.10 Å². The molecule has 2 aliphatic rings. The highest BCUT2D eigenvalue weighted by Crippen LogP contribution is 2.38. The Labute approximate surface area is 117 Å². The van der Waals surface area contributed by atoms with Crippen LogP contribution in [0.15, 0.2) is 42.7 Å². The third-order valence-electron chi connectivity index (χ3n) is 3.63. The van der Waals surface area contributed by atoms with Crippen LogP contribution in [0.2, 0.25) is 0 Å². The minimum atomic E-state index is -0.890. The summed E-state index contributed by atoms with van der Waals surface area (Å²) in [4.78, 5) is 0. The summed E-state index contributed by atoms with van der Waals surface area (Å²) in [5, 5.41) is 9.70. The molecule has 0 aromatic heterocycles. The van der Waals surface area contributed by atoms with Crippen molar-refractivity contribution in [3.8, 4) is 0 Å². The van der Waals surface area contributed by atoms with Crippen LogP contribution in [-0.2, 0) is 18.9 Å². The van der Waals surface area contributed by atoms with Crippen LogP contribution >= 0.6 is 0 Å². The highest BCUT2D eigenvalue weighted by Gasteiger charge is 2.46. The summed E-state index contributed by atoms with van der Waals surface area (Å²) in [6, 6.07) is 9.64. The van der Waals surface area contributed by atoms with Gasteiger partial charge in [0, 0.05) is 19.1 Å². The van der Waals surface area contributed by atoms with Crippen LogP contribution in [0.5, 0.6) is 0 Å². The van der Waals surface area contributed by atoms with Crippen LogP contribution in [0, 0.1) is 0 Å². The van der Waals surface area contributed by atoms with Crippen molar-refractivity contribution in [2.75, 3.05) is 7.11 Å². The normalized spacial score (nSPS) is 37.1. The average Bonchev–Trinajstić information content (AvgIpc) is 2.48. The molecule has 3 rings (SSSR count). The number of benzene rings is 1. The standard InChI is InChI=1S/C15H18O5/c1-9-13-14(11(17-2)8-12(16)19-13)20-15(18-9)10-6-4-3-5-7-10/h3-7,11-16H,1,8H2,2H3/t11-,12?,13+,14+,15?/m1/s1. The number of ether oxygens (including phenoxy) is 4. The molecule has 5 nitrogen and oxygen atoms in total. The van der Waals surface area contributed by atoms with Gasteiger partial charge in [-0.05, 0) is 0 Å². The molecule has 5 heteroatoms. The van der Waals surface area contributed by atoms with Crippen LogP contribution in [0.25, 0.3) is 0 Å². The van der Waals surface area contributed by atoms with E-state index in [-0.39, 0.29) is 12.2 Å². The van der Waals surface area contributed by atoms with Crippen molar-refractivity contribution >= 4 is 0 Å². The average molecular weight is 278 g/mol. The molecular weight excluding hydrogens is 260 g/mol. The van der Waals surface area contributed by atoms with Gasteiger partial charge in [-0.3, -0.25) is 0 Å². The van der Waals surface area contributed by atoms with Gasteiger partial charge in [0.1, 0.15) is 18.0 Å². The molecule has 20 heavy (non-hydrogen) atoms. The van der Waals surface area contributed by atoms with Gasteiger partial charge in [0.15, 0.2) is 6.29 Å². The Morgan fingerprint density at radius 2 is 2.00 bits per heavy atom. The predicted octanol–water partition coefficient (Wildman–Crippen LogP) is 1.74. The van der Waals surface area contributed by atoms with E-state index < -0.39 is 18.7 Å². The topological polar surface area (TPSA) is 57.2 Å². The summed E-state index contributed by atoms with van der Waals surface area (Å²) in [6.07, 6.45) is -2.15. The van der Waals surface area contributed by atoms with Crippen molar-refractivity contribution in [3.63, 3.8) is 0 Å². The minimum absolute atomic E-state index is 0.254. The Hall–Kier alpha value is -1.40. The third kappa shape index (κ3) is 2.45. The van der Waals surface area contributed by atoms with Crippen LogP contribution in [-0.4, -0.2) is 36.8 Å². The first-order valence-corrected chi connectivity index (χ1v) is 6.61. The number of methoxy groups -OCH3 is 1. The Morgan fingerprint density at radius 1 is 1.25 bits per heavy atom. The Kier molecular flexibility index (Phi) is 3.76. The molecule has 0 aliphatic carbocycles. The molecule has 2 unspecified atom stereocenters.